The molecule has 0 aromatic heterocycles. The molecule has 0 radical (unpaired) electrons. The van der Waals surface area contributed by atoms with Gasteiger partial charge in [0.15, 0.2) is 0 Å². The summed E-state index contributed by atoms with van der Waals surface area (Å²) >= 11 is 0. The van der Waals surface area contributed by atoms with Gasteiger partial charge in [0, 0.05) is 30.8 Å². The van der Waals surface area contributed by atoms with Gasteiger partial charge in [0.25, 0.3) is 11.8 Å². The molecule has 1 heterocycles. The standard InChI is InChI=1S/C23H26FN3O3/c1-16(2)14-25-21(28)20-15-26(22(29)18-8-10-19(24)11-9-18)12-13-27(20)23(30)17-6-4-3-5-7-17/h3-11,16,20H,12-15H2,1-2H3,(H,25,28). The maximum atomic E-state index is 13.2. The highest BCUT2D eigenvalue weighted by Gasteiger charge is 2.37. The van der Waals surface area contributed by atoms with Crippen molar-refractivity contribution in [3.63, 3.8) is 0 Å². The molecule has 0 saturated carbocycles. The van der Waals surface area contributed by atoms with Gasteiger partial charge in [0.05, 0.1) is 6.54 Å². The topological polar surface area (TPSA) is 69.7 Å². The van der Waals surface area contributed by atoms with E-state index in [1.807, 2.05) is 19.9 Å². The minimum absolute atomic E-state index is 0.0821. The molecular formula is C23H26FN3O3. The minimum atomic E-state index is -0.797. The van der Waals surface area contributed by atoms with Crippen LogP contribution in [-0.2, 0) is 4.79 Å². The van der Waals surface area contributed by atoms with Gasteiger partial charge >= 0.3 is 0 Å². The van der Waals surface area contributed by atoms with Crippen molar-refractivity contribution in [2.24, 2.45) is 5.92 Å². The number of halogens is 1. The molecule has 1 aliphatic heterocycles. The van der Waals surface area contributed by atoms with Crippen LogP contribution in [0.1, 0.15) is 34.6 Å². The van der Waals surface area contributed by atoms with Gasteiger partial charge in [0.1, 0.15) is 11.9 Å². The van der Waals surface area contributed by atoms with Gasteiger partial charge in [0.2, 0.25) is 5.91 Å². The number of carbonyl (C=O) groups is 3. The summed E-state index contributed by atoms with van der Waals surface area (Å²) in [6, 6.07) is 13.3. The Morgan fingerprint density at radius 2 is 1.60 bits per heavy atom. The van der Waals surface area contributed by atoms with Crippen molar-refractivity contribution in [1.29, 1.82) is 0 Å². The van der Waals surface area contributed by atoms with Crippen LogP contribution in [-0.4, -0.2) is 59.7 Å². The molecule has 0 spiro atoms. The Hall–Kier alpha value is -3.22. The fourth-order valence-electron chi connectivity index (χ4n) is 3.38. The number of nitrogens with zero attached hydrogens (tertiary/aromatic N) is 2. The van der Waals surface area contributed by atoms with Crippen molar-refractivity contribution < 1.29 is 18.8 Å². The Morgan fingerprint density at radius 3 is 2.23 bits per heavy atom. The Labute approximate surface area is 175 Å². The molecule has 0 bridgehead atoms. The van der Waals surface area contributed by atoms with Crippen LogP contribution in [0.15, 0.2) is 54.6 Å². The van der Waals surface area contributed by atoms with Crippen molar-refractivity contribution >= 4 is 17.7 Å². The van der Waals surface area contributed by atoms with E-state index < -0.39 is 11.9 Å². The van der Waals surface area contributed by atoms with E-state index in [0.717, 1.165) is 0 Å². The predicted molar refractivity (Wildman–Crippen MR) is 111 cm³/mol. The molecule has 1 aliphatic rings. The van der Waals surface area contributed by atoms with E-state index in [1.54, 1.807) is 29.2 Å². The van der Waals surface area contributed by atoms with Crippen LogP contribution in [0.4, 0.5) is 4.39 Å². The first-order valence-corrected chi connectivity index (χ1v) is 10.1. The maximum absolute atomic E-state index is 13.2. The lowest BCUT2D eigenvalue weighted by atomic mass is 10.1. The average Bonchev–Trinajstić information content (AvgIpc) is 2.77. The number of rotatable bonds is 5. The highest BCUT2D eigenvalue weighted by molar-refractivity contribution is 5.99. The molecule has 1 N–H and O–H groups in total. The third kappa shape index (κ3) is 5.03. The molecule has 158 valence electrons. The zero-order valence-corrected chi connectivity index (χ0v) is 17.2. The van der Waals surface area contributed by atoms with Gasteiger partial charge in [-0.25, -0.2) is 4.39 Å². The minimum Gasteiger partial charge on any atom is -0.354 e. The molecule has 1 unspecified atom stereocenters. The SMILES string of the molecule is CC(C)CNC(=O)C1CN(C(=O)c2ccc(F)cc2)CCN1C(=O)c1ccccc1. The van der Waals surface area contributed by atoms with E-state index in [2.05, 4.69) is 5.32 Å². The summed E-state index contributed by atoms with van der Waals surface area (Å²) < 4.78 is 13.2. The summed E-state index contributed by atoms with van der Waals surface area (Å²) in [5, 5.41) is 2.87. The summed E-state index contributed by atoms with van der Waals surface area (Å²) in [5.41, 5.74) is 0.845. The lowest BCUT2D eigenvalue weighted by Gasteiger charge is -2.40. The third-order valence-corrected chi connectivity index (χ3v) is 5.03. The fraction of sp³-hybridized carbons (Fsp3) is 0.348. The predicted octanol–water partition coefficient (Wildman–Crippen LogP) is 2.56. The Morgan fingerprint density at radius 1 is 0.967 bits per heavy atom. The third-order valence-electron chi connectivity index (χ3n) is 5.03. The highest BCUT2D eigenvalue weighted by Crippen LogP contribution is 2.17. The van der Waals surface area contributed by atoms with Gasteiger partial charge < -0.3 is 15.1 Å². The van der Waals surface area contributed by atoms with E-state index in [9.17, 15) is 18.8 Å². The monoisotopic (exact) mass is 411 g/mol. The van der Waals surface area contributed by atoms with Crippen molar-refractivity contribution in [3.8, 4) is 0 Å². The number of hydrogen-bond acceptors (Lipinski definition) is 3. The number of piperazine rings is 1. The number of benzene rings is 2. The lowest BCUT2D eigenvalue weighted by Crippen LogP contribution is -2.61. The van der Waals surface area contributed by atoms with Crippen LogP contribution in [0.2, 0.25) is 0 Å². The molecule has 1 fully saturated rings. The van der Waals surface area contributed by atoms with Gasteiger partial charge in [-0.2, -0.15) is 0 Å². The largest absolute Gasteiger partial charge is 0.354 e. The Balaban J connectivity index is 1.81. The second-order valence-electron chi connectivity index (χ2n) is 7.78. The van der Waals surface area contributed by atoms with Crippen LogP contribution in [0, 0.1) is 11.7 Å². The normalized spacial score (nSPS) is 16.5. The van der Waals surface area contributed by atoms with E-state index in [0.29, 0.717) is 24.2 Å². The Bertz CT molecular complexity index is 900. The van der Waals surface area contributed by atoms with Crippen LogP contribution in [0.3, 0.4) is 0 Å². The van der Waals surface area contributed by atoms with Crippen LogP contribution >= 0.6 is 0 Å². The van der Waals surface area contributed by atoms with Crippen LogP contribution in [0.25, 0.3) is 0 Å². The van der Waals surface area contributed by atoms with Gasteiger partial charge in [-0.15, -0.1) is 0 Å². The number of hydrogen-bond donors (Lipinski definition) is 1. The zero-order chi connectivity index (χ0) is 21.7. The van der Waals surface area contributed by atoms with Crippen molar-refractivity contribution in [1.82, 2.24) is 15.1 Å². The van der Waals surface area contributed by atoms with E-state index >= 15 is 0 Å². The van der Waals surface area contributed by atoms with Crippen LogP contribution in [0.5, 0.6) is 0 Å². The summed E-state index contributed by atoms with van der Waals surface area (Å²) in [5.74, 6) is -0.981. The molecule has 6 nitrogen and oxygen atoms in total. The molecule has 2 aromatic rings. The van der Waals surface area contributed by atoms with Crippen molar-refractivity contribution in [2.75, 3.05) is 26.2 Å². The quantitative estimate of drug-likeness (QED) is 0.822. The molecule has 0 aliphatic carbocycles. The average molecular weight is 411 g/mol. The van der Waals surface area contributed by atoms with Gasteiger partial charge in [-0.05, 0) is 42.3 Å². The summed E-state index contributed by atoms with van der Waals surface area (Å²) in [6.07, 6.45) is 0. The molecule has 3 amide bonds. The summed E-state index contributed by atoms with van der Waals surface area (Å²) in [4.78, 5) is 41.9. The number of amides is 3. The first-order valence-electron chi connectivity index (χ1n) is 10.1. The number of carbonyl (C=O) groups excluding carboxylic acids is 3. The second-order valence-corrected chi connectivity index (χ2v) is 7.78. The molecule has 2 aromatic carbocycles. The molecule has 7 heteroatoms. The van der Waals surface area contributed by atoms with Crippen molar-refractivity contribution in [3.05, 3.63) is 71.5 Å². The van der Waals surface area contributed by atoms with Gasteiger partial charge in [-0.1, -0.05) is 32.0 Å². The Kier molecular flexibility index (Phi) is 6.82. The highest BCUT2D eigenvalue weighted by atomic mass is 19.1. The van der Waals surface area contributed by atoms with Gasteiger partial charge in [-0.3, -0.25) is 14.4 Å². The fourth-order valence-corrected chi connectivity index (χ4v) is 3.38. The first kappa shape index (κ1) is 21.5. The smallest absolute Gasteiger partial charge is 0.254 e. The zero-order valence-electron chi connectivity index (χ0n) is 17.2. The van der Waals surface area contributed by atoms with E-state index in [1.165, 1.54) is 29.2 Å². The molecule has 1 saturated heterocycles. The molecule has 3 rings (SSSR count). The molecule has 30 heavy (non-hydrogen) atoms. The molecule has 1 atom stereocenters. The second kappa shape index (κ2) is 9.52. The lowest BCUT2D eigenvalue weighted by molar-refractivity contribution is -0.127. The summed E-state index contributed by atoms with van der Waals surface area (Å²) in [6.45, 7) is 5.06. The first-order chi connectivity index (χ1) is 14.4. The van der Waals surface area contributed by atoms with Crippen LogP contribution < -0.4 is 5.32 Å². The maximum Gasteiger partial charge on any atom is 0.254 e. The van der Waals surface area contributed by atoms with Crippen molar-refractivity contribution in [2.45, 2.75) is 19.9 Å². The summed E-state index contributed by atoms with van der Waals surface area (Å²) in [7, 11) is 0. The molecular weight excluding hydrogens is 385 g/mol. The van der Waals surface area contributed by atoms with E-state index in [4.69, 9.17) is 0 Å². The number of nitrogens with one attached hydrogen (secondary N) is 1. The van der Waals surface area contributed by atoms with E-state index in [-0.39, 0.29) is 36.7 Å².